The van der Waals surface area contributed by atoms with Gasteiger partial charge in [-0.15, -0.1) is 0 Å². The summed E-state index contributed by atoms with van der Waals surface area (Å²) in [5.41, 5.74) is 13.9. The van der Waals surface area contributed by atoms with E-state index in [-0.39, 0.29) is 0 Å². The minimum atomic E-state index is -1.01. The Labute approximate surface area is 358 Å². The van der Waals surface area contributed by atoms with Crippen molar-refractivity contribution in [1.82, 2.24) is 9.55 Å². The van der Waals surface area contributed by atoms with Gasteiger partial charge in [0.2, 0.25) is 0 Å². The molecule has 0 aliphatic rings. The fraction of sp³-hybridized carbons (Fsp3) is 0.0377. The molecule has 0 aliphatic heterocycles. The Kier molecular flexibility index (Phi) is 8.52. The lowest BCUT2D eigenvalue weighted by molar-refractivity contribution is 0.189. The predicted octanol–water partition coefficient (Wildman–Crippen LogP) is 9.23. The van der Waals surface area contributed by atoms with Crippen LogP contribution in [0, 0.1) is 0 Å². The number of furan rings is 1. The number of hydrogen-bond acceptors (Lipinski definition) is 3. The van der Waals surface area contributed by atoms with Crippen LogP contribution in [0.4, 0.5) is 0 Å². The average Bonchev–Trinajstić information content (AvgIpc) is 3.88. The van der Waals surface area contributed by atoms with Crippen molar-refractivity contribution in [3.05, 3.63) is 194 Å². The Bertz CT molecular complexity index is 3510. The molecular weight excluding hydrogens is 740 g/mol. The molecule has 2 heterocycles. The van der Waals surface area contributed by atoms with Gasteiger partial charge in [0.15, 0.2) is 0 Å². The highest BCUT2D eigenvalue weighted by molar-refractivity contribution is 6.53. The molecule has 61 heavy (non-hydrogen) atoms. The van der Waals surface area contributed by atoms with Crippen LogP contribution in [-0.4, -0.2) is 51.4 Å². The number of benzene rings is 9. The zero-order valence-corrected chi connectivity index (χ0v) is 34.6. The molecule has 2 aromatic heterocycles. The van der Waals surface area contributed by atoms with Gasteiger partial charge < -0.3 is 9.52 Å². The molecule has 0 fully saturated rings. The number of nitrogens with zero attached hydrogens (tertiary/aromatic N) is 2. The molecule has 1 N–H and O–H groups in total. The van der Waals surface area contributed by atoms with Crippen LogP contribution < -0.4 is 0 Å². The number of aromatic nitrogens is 2. The molecule has 11 rings (SSSR count). The number of hydrogen-bond donors (Lipinski definition) is 1. The van der Waals surface area contributed by atoms with E-state index in [0.29, 0.717) is 0 Å². The monoisotopic (exact) mass is 780 g/mol. The van der Waals surface area contributed by atoms with E-state index in [1.165, 1.54) is 43.8 Å². The fourth-order valence-corrected chi connectivity index (χ4v) is 9.23. The van der Waals surface area contributed by atoms with Gasteiger partial charge in [-0.05, 0) is 125 Å². The highest BCUT2D eigenvalue weighted by Crippen LogP contribution is 2.48. The van der Waals surface area contributed by atoms with Gasteiger partial charge in [-0.3, -0.25) is 4.57 Å². The molecule has 9 aromatic carbocycles. The van der Waals surface area contributed by atoms with Gasteiger partial charge in [0.05, 0.1) is 11.0 Å². The number of para-hydroxylation sites is 3. The van der Waals surface area contributed by atoms with Crippen LogP contribution in [0.3, 0.4) is 0 Å². The van der Waals surface area contributed by atoms with E-state index in [4.69, 9.17) is 9.40 Å². The standard InChI is InChI=1S/C53H40B4N2O2/c54-52(55,53(56,57)60)51-58-44-23-7-8-24-45(44)59(51)37-18-11-16-34(30-37)33-15-10-17-36(29-33)48-38-19-4-5-20-39(38)49(43-31-35(27-28-40(43)48)32-13-2-1-3-14-32)42-22-12-26-47-50(42)41-21-6-9-25-46(41)61-47/h1-31,60H,54-57H2. The second-order valence-electron chi connectivity index (χ2n) is 17.3. The van der Waals surface area contributed by atoms with E-state index < -0.39 is 10.6 Å². The van der Waals surface area contributed by atoms with Crippen molar-refractivity contribution in [3.63, 3.8) is 0 Å². The summed E-state index contributed by atoms with van der Waals surface area (Å²) in [7, 11) is 7.86. The second kappa shape index (κ2) is 14.0. The Morgan fingerprint density at radius 1 is 0.459 bits per heavy atom. The first-order chi connectivity index (χ1) is 29.7. The predicted molar refractivity (Wildman–Crippen MR) is 266 cm³/mol. The highest BCUT2D eigenvalue weighted by Gasteiger charge is 2.40. The lowest BCUT2D eigenvalue weighted by Gasteiger charge is -2.38. The van der Waals surface area contributed by atoms with E-state index in [1.807, 2.05) is 33.9 Å². The first-order valence-electron chi connectivity index (χ1n) is 21.0. The van der Waals surface area contributed by atoms with Crippen LogP contribution in [0.1, 0.15) is 5.82 Å². The van der Waals surface area contributed by atoms with Crippen molar-refractivity contribution in [2.45, 2.75) is 10.6 Å². The smallest absolute Gasteiger partial charge is 0.136 e. The Hall–Kier alpha value is -7.01. The van der Waals surface area contributed by atoms with Gasteiger partial charge in [0.1, 0.15) is 48.4 Å². The summed E-state index contributed by atoms with van der Waals surface area (Å²) in [6.07, 6.45) is 0. The molecule has 0 saturated carbocycles. The third kappa shape index (κ3) is 5.96. The van der Waals surface area contributed by atoms with Gasteiger partial charge in [-0.25, -0.2) is 4.98 Å². The number of rotatable bonds is 7. The molecule has 8 heteroatoms. The third-order valence-electron chi connectivity index (χ3n) is 13.0. The lowest BCUT2D eigenvalue weighted by Crippen LogP contribution is -2.55. The van der Waals surface area contributed by atoms with Gasteiger partial charge in [-0.1, -0.05) is 140 Å². The molecule has 0 unspecified atom stereocenters. The Morgan fingerprint density at radius 2 is 1.05 bits per heavy atom. The average molecular weight is 780 g/mol. The zero-order chi connectivity index (χ0) is 41.5. The quantitative estimate of drug-likeness (QED) is 0.130. The maximum Gasteiger partial charge on any atom is 0.136 e. The van der Waals surface area contributed by atoms with Crippen molar-refractivity contribution in [2.24, 2.45) is 0 Å². The van der Waals surface area contributed by atoms with Crippen LogP contribution in [-0.2, 0) is 5.21 Å². The van der Waals surface area contributed by atoms with Gasteiger partial charge in [0.25, 0.3) is 0 Å². The minimum Gasteiger partial charge on any atom is -0.456 e. The minimum absolute atomic E-state index is 0.646. The summed E-state index contributed by atoms with van der Waals surface area (Å²) in [6.45, 7) is 0. The van der Waals surface area contributed by atoms with E-state index in [2.05, 4.69) is 190 Å². The topological polar surface area (TPSA) is 51.2 Å². The molecule has 0 amide bonds. The molecule has 286 valence electrons. The molecule has 0 atom stereocenters. The van der Waals surface area contributed by atoms with E-state index in [9.17, 15) is 5.11 Å². The number of aliphatic hydroxyl groups is 1. The molecule has 0 bridgehead atoms. The van der Waals surface area contributed by atoms with Crippen molar-refractivity contribution in [2.75, 3.05) is 0 Å². The van der Waals surface area contributed by atoms with Crippen molar-refractivity contribution < 1.29 is 9.52 Å². The zero-order valence-electron chi connectivity index (χ0n) is 34.6. The fourth-order valence-electron chi connectivity index (χ4n) is 9.23. The first-order valence-corrected chi connectivity index (χ1v) is 21.0. The lowest BCUT2D eigenvalue weighted by atomic mass is 9.35. The third-order valence-corrected chi connectivity index (χ3v) is 13.0. The van der Waals surface area contributed by atoms with Crippen molar-refractivity contribution >= 4 is 85.9 Å². The maximum atomic E-state index is 11.4. The molecule has 11 aromatic rings. The molecule has 0 radical (unpaired) electrons. The summed E-state index contributed by atoms with van der Waals surface area (Å²) < 4.78 is 8.67. The van der Waals surface area contributed by atoms with Crippen LogP contribution in [0.5, 0.6) is 0 Å². The SMILES string of the molecule is BC(B)(O)C(B)(B)c1nc2ccccc2n1-c1cccc(-c2cccc(-c3c4ccccc4c(-c4cccc5oc6ccccc6c45)c4cc(-c5ccccc5)ccc34)c2)c1. The summed E-state index contributed by atoms with van der Waals surface area (Å²) >= 11 is 0. The molecule has 0 aliphatic carbocycles. The highest BCUT2D eigenvalue weighted by atomic mass is 16.3. The largest absolute Gasteiger partial charge is 0.456 e. The number of fused-ring (bicyclic) bond motifs is 6. The summed E-state index contributed by atoms with van der Waals surface area (Å²) in [4.78, 5) is 5.12. The Morgan fingerprint density at radius 3 is 1.85 bits per heavy atom. The number of imidazole rings is 1. The van der Waals surface area contributed by atoms with Crippen molar-refractivity contribution in [1.29, 1.82) is 0 Å². The summed E-state index contributed by atoms with van der Waals surface area (Å²) in [5, 5.41) is 16.7. The molecular formula is C53H40B4N2O2. The second-order valence-corrected chi connectivity index (χ2v) is 17.3. The normalized spacial score (nSPS) is 12.3. The molecule has 0 saturated heterocycles. The van der Waals surface area contributed by atoms with Gasteiger partial charge >= 0.3 is 0 Å². The van der Waals surface area contributed by atoms with Crippen molar-refractivity contribution in [3.8, 4) is 50.2 Å². The Balaban J connectivity index is 1.14. The maximum absolute atomic E-state index is 11.4. The first kappa shape index (κ1) is 37.0. The molecule has 4 nitrogen and oxygen atoms in total. The van der Waals surface area contributed by atoms with Gasteiger partial charge in [-0.2, -0.15) is 0 Å². The van der Waals surface area contributed by atoms with E-state index in [1.54, 1.807) is 0 Å². The summed E-state index contributed by atoms with van der Waals surface area (Å²) in [5.74, 6) is 0.819. The van der Waals surface area contributed by atoms with E-state index >= 15 is 0 Å². The van der Waals surface area contributed by atoms with Gasteiger partial charge in [0, 0.05) is 16.5 Å². The van der Waals surface area contributed by atoms with Crippen LogP contribution in [0.15, 0.2) is 192 Å². The van der Waals surface area contributed by atoms with E-state index in [0.717, 1.165) is 66.7 Å². The summed E-state index contributed by atoms with van der Waals surface area (Å²) in [6, 6.07) is 67.2. The van der Waals surface area contributed by atoms with Crippen LogP contribution in [0.25, 0.3) is 105 Å². The molecule has 0 spiro atoms. The van der Waals surface area contributed by atoms with Crippen LogP contribution in [0.2, 0.25) is 0 Å². The van der Waals surface area contributed by atoms with Crippen LogP contribution >= 0.6 is 0 Å².